The predicted octanol–water partition coefficient (Wildman–Crippen LogP) is 2.77. The first-order valence-corrected chi connectivity index (χ1v) is 8.31. The van der Waals surface area contributed by atoms with Gasteiger partial charge in [-0.25, -0.2) is 0 Å². The van der Waals surface area contributed by atoms with Crippen molar-refractivity contribution in [1.29, 1.82) is 5.26 Å². The van der Waals surface area contributed by atoms with E-state index >= 15 is 0 Å². The van der Waals surface area contributed by atoms with Crippen molar-refractivity contribution >= 4 is 17.4 Å². The van der Waals surface area contributed by atoms with Gasteiger partial charge < -0.3 is 0 Å². The highest BCUT2D eigenvalue weighted by Gasteiger charge is 2.13. The van der Waals surface area contributed by atoms with Crippen LogP contribution in [0.1, 0.15) is 5.56 Å². The molecule has 0 aliphatic carbocycles. The van der Waals surface area contributed by atoms with Gasteiger partial charge in [0.1, 0.15) is 0 Å². The molecule has 0 atom stereocenters. The van der Waals surface area contributed by atoms with Crippen LogP contribution in [0.4, 0.5) is 5.69 Å². The molecular formula is C17H13N5OS. The van der Waals surface area contributed by atoms with Crippen LogP contribution in [0.3, 0.4) is 0 Å². The molecule has 2 aromatic carbocycles. The Morgan fingerprint density at radius 1 is 1.08 bits per heavy atom. The summed E-state index contributed by atoms with van der Waals surface area (Å²) in [5.74, 6) is 0. The fraction of sp³-hybridized carbons (Fsp3) is 0.0588. The molecule has 1 heterocycles. The standard InChI is InChI=1S/C17H13N5OS/c1-24-17-20-19-15(13-9-7-12(11-18)8-10-13)16(23)22(17)21-14-5-3-2-4-6-14/h2-10,21H,1H3. The summed E-state index contributed by atoms with van der Waals surface area (Å²) in [4.78, 5) is 12.8. The molecule has 24 heavy (non-hydrogen) atoms. The highest BCUT2D eigenvalue weighted by molar-refractivity contribution is 7.98. The van der Waals surface area contributed by atoms with Crippen molar-refractivity contribution < 1.29 is 0 Å². The lowest BCUT2D eigenvalue weighted by Crippen LogP contribution is -2.31. The van der Waals surface area contributed by atoms with E-state index in [4.69, 9.17) is 5.26 Å². The largest absolute Gasteiger partial charge is 0.299 e. The summed E-state index contributed by atoms with van der Waals surface area (Å²) in [6.45, 7) is 0. The lowest BCUT2D eigenvalue weighted by Gasteiger charge is -2.13. The first-order chi connectivity index (χ1) is 11.7. The van der Waals surface area contributed by atoms with E-state index < -0.39 is 0 Å². The molecule has 0 aliphatic rings. The molecule has 0 saturated heterocycles. The van der Waals surface area contributed by atoms with E-state index in [1.54, 1.807) is 24.3 Å². The number of anilines is 1. The molecule has 3 aromatic rings. The number of nitrogens with zero attached hydrogens (tertiary/aromatic N) is 4. The lowest BCUT2D eigenvalue weighted by molar-refractivity contribution is 0.690. The van der Waals surface area contributed by atoms with Gasteiger partial charge in [-0.15, -0.1) is 10.2 Å². The Morgan fingerprint density at radius 3 is 2.42 bits per heavy atom. The van der Waals surface area contributed by atoms with Crippen LogP contribution < -0.4 is 11.0 Å². The van der Waals surface area contributed by atoms with Crippen LogP contribution >= 0.6 is 11.8 Å². The summed E-state index contributed by atoms with van der Waals surface area (Å²) >= 11 is 1.32. The molecule has 0 radical (unpaired) electrons. The maximum atomic E-state index is 12.8. The van der Waals surface area contributed by atoms with E-state index in [2.05, 4.69) is 15.6 Å². The molecule has 118 valence electrons. The van der Waals surface area contributed by atoms with Crippen molar-refractivity contribution in [2.75, 3.05) is 11.7 Å². The molecule has 0 unspecified atom stereocenters. The zero-order valence-corrected chi connectivity index (χ0v) is 13.6. The summed E-state index contributed by atoms with van der Waals surface area (Å²) in [5, 5.41) is 17.5. The fourth-order valence-electron chi connectivity index (χ4n) is 2.13. The monoisotopic (exact) mass is 335 g/mol. The molecule has 0 saturated carbocycles. The SMILES string of the molecule is CSc1nnc(-c2ccc(C#N)cc2)c(=O)n1Nc1ccccc1. The van der Waals surface area contributed by atoms with Crippen LogP contribution in [0.25, 0.3) is 11.3 Å². The smallest absolute Gasteiger partial charge is 0.289 e. The van der Waals surface area contributed by atoms with Gasteiger partial charge in [-0.2, -0.15) is 9.94 Å². The van der Waals surface area contributed by atoms with E-state index in [1.807, 2.05) is 42.7 Å². The molecule has 0 spiro atoms. The summed E-state index contributed by atoms with van der Waals surface area (Å²) in [5.41, 5.74) is 4.88. The first-order valence-electron chi connectivity index (χ1n) is 7.09. The minimum absolute atomic E-state index is 0.223. The van der Waals surface area contributed by atoms with Gasteiger partial charge >= 0.3 is 0 Å². The Balaban J connectivity index is 2.07. The van der Waals surface area contributed by atoms with Crippen LogP contribution in [0.5, 0.6) is 0 Å². The van der Waals surface area contributed by atoms with Crippen LogP contribution in [0.15, 0.2) is 64.5 Å². The molecule has 7 heteroatoms. The Hall–Kier alpha value is -3.11. The quantitative estimate of drug-likeness (QED) is 0.738. The molecule has 1 N–H and O–H groups in total. The van der Waals surface area contributed by atoms with E-state index in [0.29, 0.717) is 16.3 Å². The van der Waals surface area contributed by atoms with Gasteiger partial charge in [0.15, 0.2) is 5.69 Å². The van der Waals surface area contributed by atoms with Crippen LogP contribution in [0, 0.1) is 11.3 Å². The molecule has 3 rings (SSSR count). The zero-order chi connectivity index (χ0) is 16.9. The average molecular weight is 335 g/mol. The van der Waals surface area contributed by atoms with Gasteiger partial charge in [0.2, 0.25) is 5.16 Å². The summed E-state index contributed by atoms with van der Waals surface area (Å²) in [7, 11) is 0. The molecule has 6 nitrogen and oxygen atoms in total. The van der Waals surface area contributed by atoms with Crippen LogP contribution in [0.2, 0.25) is 0 Å². The number of aromatic nitrogens is 3. The Kier molecular flexibility index (Phi) is 4.59. The third kappa shape index (κ3) is 3.14. The zero-order valence-electron chi connectivity index (χ0n) is 12.8. The van der Waals surface area contributed by atoms with Crippen molar-refractivity contribution in [3.8, 4) is 17.3 Å². The predicted molar refractivity (Wildman–Crippen MR) is 93.7 cm³/mol. The number of hydrogen-bond acceptors (Lipinski definition) is 6. The Bertz CT molecular complexity index is 945. The summed E-state index contributed by atoms with van der Waals surface area (Å²) in [6.07, 6.45) is 1.83. The van der Waals surface area contributed by atoms with Gasteiger partial charge in [-0.1, -0.05) is 42.1 Å². The second-order valence-corrected chi connectivity index (χ2v) is 5.62. The molecule has 0 bridgehead atoms. The Labute approximate surface area is 142 Å². The van der Waals surface area contributed by atoms with E-state index in [0.717, 1.165) is 5.69 Å². The molecule has 0 fully saturated rings. The number of rotatable bonds is 4. The van der Waals surface area contributed by atoms with Gasteiger partial charge in [0, 0.05) is 5.56 Å². The van der Waals surface area contributed by atoms with Gasteiger partial charge in [0.05, 0.1) is 17.3 Å². The fourth-order valence-corrected chi connectivity index (χ4v) is 2.56. The number of benzene rings is 2. The average Bonchev–Trinajstić information content (AvgIpc) is 2.64. The molecule has 1 aromatic heterocycles. The van der Waals surface area contributed by atoms with E-state index in [9.17, 15) is 4.79 Å². The summed E-state index contributed by atoms with van der Waals surface area (Å²) in [6, 6.07) is 18.1. The van der Waals surface area contributed by atoms with Crippen molar-refractivity contribution in [2.24, 2.45) is 0 Å². The highest BCUT2D eigenvalue weighted by Crippen LogP contribution is 2.16. The number of thioether (sulfide) groups is 1. The van der Waals surface area contributed by atoms with E-state index in [1.165, 1.54) is 16.4 Å². The van der Waals surface area contributed by atoms with Gasteiger partial charge in [-0.3, -0.25) is 10.2 Å². The minimum Gasteiger partial charge on any atom is -0.289 e. The minimum atomic E-state index is -0.303. The topological polar surface area (TPSA) is 83.6 Å². The van der Waals surface area contributed by atoms with Crippen molar-refractivity contribution in [2.45, 2.75) is 5.16 Å². The van der Waals surface area contributed by atoms with Crippen LogP contribution in [-0.2, 0) is 0 Å². The molecule has 0 amide bonds. The number of nitrogens with one attached hydrogen (secondary N) is 1. The second-order valence-electron chi connectivity index (χ2n) is 4.84. The Morgan fingerprint density at radius 2 is 1.79 bits per heavy atom. The summed E-state index contributed by atoms with van der Waals surface area (Å²) < 4.78 is 1.38. The maximum Gasteiger partial charge on any atom is 0.299 e. The normalized spacial score (nSPS) is 10.2. The third-order valence-corrected chi connectivity index (χ3v) is 3.95. The van der Waals surface area contributed by atoms with Crippen molar-refractivity contribution in [1.82, 2.24) is 14.9 Å². The number of nitriles is 1. The van der Waals surface area contributed by atoms with Crippen molar-refractivity contribution in [3.05, 3.63) is 70.5 Å². The lowest BCUT2D eigenvalue weighted by atomic mass is 10.1. The number of para-hydroxylation sites is 1. The van der Waals surface area contributed by atoms with Gasteiger partial charge in [-0.05, 0) is 30.5 Å². The first kappa shape index (κ1) is 15.8. The van der Waals surface area contributed by atoms with Crippen molar-refractivity contribution in [3.63, 3.8) is 0 Å². The highest BCUT2D eigenvalue weighted by atomic mass is 32.2. The molecule has 0 aliphatic heterocycles. The second kappa shape index (κ2) is 6.98. The van der Waals surface area contributed by atoms with Crippen LogP contribution in [-0.4, -0.2) is 21.1 Å². The number of hydrogen-bond donors (Lipinski definition) is 1. The maximum absolute atomic E-state index is 12.8. The third-order valence-electron chi connectivity index (χ3n) is 3.32. The molecular weight excluding hydrogens is 322 g/mol. The van der Waals surface area contributed by atoms with Gasteiger partial charge in [0.25, 0.3) is 5.56 Å². The van der Waals surface area contributed by atoms with E-state index in [-0.39, 0.29) is 11.3 Å².